The van der Waals surface area contributed by atoms with Gasteiger partial charge >= 0.3 is 0 Å². The van der Waals surface area contributed by atoms with Gasteiger partial charge in [-0.15, -0.1) is 0 Å². The Bertz CT molecular complexity index is 669. The fraction of sp³-hybridized carbons (Fsp3) is 0. The van der Waals surface area contributed by atoms with Crippen LogP contribution in [0.15, 0.2) is 41.6 Å². The molecule has 97 valence electrons. The maximum absolute atomic E-state index is 11.1. The van der Waals surface area contributed by atoms with Crippen molar-refractivity contribution >= 4 is 62.7 Å². The van der Waals surface area contributed by atoms with Crippen LogP contribution in [0.3, 0.4) is 0 Å². The molecule has 0 aliphatic heterocycles. The van der Waals surface area contributed by atoms with E-state index in [0.29, 0.717) is 11.5 Å². The normalized spacial score (nSPS) is 10.6. The van der Waals surface area contributed by atoms with Gasteiger partial charge in [-0.2, -0.15) is 0 Å². The van der Waals surface area contributed by atoms with Gasteiger partial charge < -0.3 is 5.32 Å². The van der Waals surface area contributed by atoms with Crippen LogP contribution in [-0.4, -0.2) is 47.9 Å². The zero-order chi connectivity index (χ0) is 13.2. The summed E-state index contributed by atoms with van der Waals surface area (Å²) < 4.78 is 22.1. The van der Waals surface area contributed by atoms with Crippen LogP contribution < -0.4 is 10.5 Å². The molecule has 2 rings (SSSR count). The molecule has 0 spiro atoms. The fourth-order valence-electron chi connectivity index (χ4n) is 1.27. The molecule has 0 aliphatic carbocycles. The number of nitrogens with zero attached hydrogens (tertiary/aromatic N) is 2. The van der Waals surface area contributed by atoms with Crippen LogP contribution in [0.4, 0.5) is 11.5 Å². The van der Waals surface area contributed by atoms with Gasteiger partial charge in [0.15, 0.2) is 11.0 Å². The van der Waals surface area contributed by atoms with E-state index in [-0.39, 0.29) is 41.0 Å². The number of hydrogen-bond acceptors (Lipinski definition) is 5. The third kappa shape index (κ3) is 4.41. The van der Waals surface area contributed by atoms with E-state index in [1.165, 1.54) is 24.5 Å². The number of hydrogen-bond donors (Lipinski definition) is 2. The molecule has 1 radical (unpaired) electrons. The van der Waals surface area contributed by atoms with E-state index in [0.717, 1.165) is 0 Å². The number of nitrogens with two attached hydrogens (primary N) is 1. The monoisotopic (exact) mass is 309 g/mol. The second-order valence-corrected chi connectivity index (χ2v) is 5.31. The van der Waals surface area contributed by atoms with Crippen molar-refractivity contribution in [1.29, 1.82) is 0 Å². The third-order valence-corrected chi connectivity index (χ3v) is 3.31. The zero-order valence-corrected chi connectivity index (χ0v) is 13.6. The number of benzene rings is 1. The predicted molar refractivity (Wildman–Crippen MR) is 76.0 cm³/mol. The van der Waals surface area contributed by atoms with Crippen LogP contribution >= 0.6 is 11.6 Å². The van der Waals surface area contributed by atoms with E-state index >= 15 is 0 Å². The molecule has 0 atom stereocenters. The van der Waals surface area contributed by atoms with Gasteiger partial charge in [-0.3, -0.25) is 0 Å². The zero-order valence-electron chi connectivity index (χ0n) is 10.0. The maximum Gasteiger partial charge on any atom is 0.238 e. The predicted octanol–water partition coefficient (Wildman–Crippen LogP) is 1.39. The minimum Gasteiger partial charge on any atom is -0.338 e. The number of anilines is 2. The molecule has 0 bridgehead atoms. The molecule has 19 heavy (non-hydrogen) atoms. The second kappa shape index (κ2) is 6.65. The van der Waals surface area contributed by atoms with Crippen molar-refractivity contribution in [3.05, 3.63) is 41.8 Å². The van der Waals surface area contributed by atoms with Gasteiger partial charge in [-0.05, 0) is 24.3 Å². The van der Waals surface area contributed by atoms with Crippen molar-refractivity contribution in [3.63, 3.8) is 0 Å². The van der Waals surface area contributed by atoms with E-state index < -0.39 is 10.0 Å². The summed E-state index contributed by atoms with van der Waals surface area (Å²) in [4.78, 5) is 7.89. The first-order valence-corrected chi connectivity index (χ1v) is 6.75. The summed E-state index contributed by atoms with van der Waals surface area (Å²) in [7, 11) is -3.68. The van der Waals surface area contributed by atoms with Gasteiger partial charge in [0, 0.05) is 49.1 Å². The Morgan fingerprint density at radius 3 is 2.26 bits per heavy atom. The molecule has 0 unspecified atom stereocenters. The average Bonchev–Trinajstić information content (AvgIpc) is 2.32. The van der Waals surface area contributed by atoms with Gasteiger partial charge in [0.05, 0.1) is 4.90 Å². The van der Waals surface area contributed by atoms with Crippen molar-refractivity contribution in [2.24, 2.45) is 5.14 Å². The number of primary sulfonamides is 1. The van der Waals surface area contributed by atoms with Crippen molar-refractivity contribution in [2.45, 2.75) is 4.90 Å². The SMILES string of the molecule is NS(=O)(=O)c1ccc(Nc2nccnc2Cl)cc1.[HH].[Na]. The average molecular weight is 310 g/mol. The Morgan fingerprint density at radius 2 is 1.74 bits per heavy atom. The van der Waals surface area contributed by atoms with Crippen molar-refractivity contribution in [1.82, 2.24) is 9.97 Å². The molecule has 1 heterocycles. The summed E-state index contributed by atoms with van der Waals surface area (Å²) in [5.74, 6) is 0.391. The van der Waals surface area contributed by atoms with Crippen molar-refractivity contribution in [3.8, 4) is 0 Å². The summed E-state index contributed by atoms with van der Waals surface area (Å²) in [6, 6.07) is 5.90. The van der Waals surface area contributed by atoms with Gasteiger partial charge in [0.1, 0.15) is 0 Å². The molecule has 1 aromatic heterocycles. The minimum absolute atomic E-state index is 0. The minimum atomic E-state index is -3.68. The molecule has 2 aromatic rings. The van der Waals surface area contributed by atoms with Crippen LogP contribution in [0.2, 0.25) is 5.15 Å². The number of rotatable bonds is 3. The quantitative estimate of drug-likeness (QED) is 0.835. The maximum atomic E-state index is 11.1. The van der Waals surface area contributed by atoms with E-state index in [9.17, 15) is 8.42 Å². The molecule has 0 amide bonds. The Balaban J connectivity index is 0.00000180. The second-order valence-electron chi connectivity index (χ2n) is 3.39. The van der Waals surface area contributed by atoms with Gasteiger partial charge in [-0.25, -0.2) is 23.5 Å². The van der Waals surface area contributed by atoms with Gasteiger partial charge in [0.25, 0.3) is 0 Å². The van der Waals surface area contributed by atoms with Crippen LogP contribution in [0.25, 0.3) is 0 Å². The Kier molecular flexibility index (Phi) is 5.72. The summed E-state index contributed by atoms with van der Waals surface area (Å²) in [6.07, 6.45) is 2.96. The van der Waals surface area contributed by atoms with Crippen LogP contribution in [0, 0.1) is 0 Å². The summed E-state index contributed by atoms with van der Waals surface area (Å²) in [5.41, 5.74) is 0.629. The van der Waals surface area contributed by atoms with E-state index in [1.807, 2.05) is 0 Å². The largest absolute Gasteiger partial charge is 0.338 e. The number of aromatic nitrogens is 2. The molecule has 0 fully saturated rings. The molecule has 0 aliphatic rings. The molecular weight excluding hydrogens is 299 g/mol. The Labute approximate surface area is 139 Å². The third-order valence-electron chi connectivity index (χ3n) is 2.10. The standard InChI is InChI=1S/C10H9ClN4O2S.Na.H2/c11-9-10(14-6-5-13-9)15-7-1-3-8(4-2-7)18(12,16)17;;/h1-6H,(H,14,15)(H2,12,16,17);;1H. The van der Waals surface area contributed by atoms with Crippen molar-refractivity contribution < 1.29 is 9.84 Å². The topological polar surface area (TPSA) is 98.0 Å². The summed E-state index contributed by atoms with van der Waals surface area (Å²) in [5, 5.41) is 8.13. The molecule has 0 saturated heterocycles. The van der Waals surface area contributed by atoms with Crippen LogP contribution in [0.1, 0.15) is 1.43 Å². The fourth-order valence-corrected chi connectivity index (χ4v) is 1.94. The first-order chi connectivity index (χ1) is 8.47. The first-order valence-electron chi connectivity index (χ1n) is 4.83. The summed E-state index contributed by atoms with van der Waals surface area (Å²) in [6.45, 7) is 0. The number of halogens is 1. The molecule has 1 aromatic carbocycles. The first kappa shape index (κ1) is 16.4. The van der Waals surface area contributed by atoms with Gasteiger partial charge in [-0.1, -0.05) is 11.6 Å². The molecule has 3 N–H and O–H groups in total. The van der Waals surface area contributed by atoms with Crippen LogP contribution in [0.5, 0.6) is 0 Å². The molecule has 6 nitrogen and oxygen atoms in total. The van der Waals surface area contributed by atoms with Crippen LogP contribution in [-0.2, 0) is 10.0 Å². The molecule has 9 heteroatoms. The Hall–Kier alpha value is -0.700. The number of nitrogens with one attached hydrogen (secondary N) is 1. The van der Waals surface area contributed by atoms with E-state index in [2.05, 4.69) is 15.3 Å². The van der Waals surface area contributed by atoms with E-state index in [4.69, 9.17) is 16.7 Å². The smallest absolute Gasteiger partial charge is 0.238 e. The summed E-state index contributed by atoms with van der Waals surface area (Å²) >= 11 is 5.83. The van der Waals surface area contributed by atoms with E-state index in [1.54, 1.807) is 12.1 Å². The van der Waals surface area contributed by atoms with Crippen molar-refractivity contribution in [2.75, 3.05) is 5.32 Å². The van der Waals surface area contributed by atoms with Gasteiger partial charge in [0.2, 0.25) is 10.0 Å². The Morgan fingerprint density at radius 1 is 1.16 bits per heavy atom. The number of sulfonamides is 1. The molecule has 0 saturated carbocycles. The molecular formula is C10H11ClN4NaO2S.